The molecule has 2 atom stereocenters. The number of amides is 3. The molecule has 0 radical (unpaired) electrons. The monoisotopic (exact) mass is 333 g/mol. The van der Waals surface area contributed by atoms with Crippen molar-refractivity contribution >= 4 is 11.9 Å². The van der Waals surface area contributed by atoms with Gasteiger partial charge in [-0.1, -0.05) is 36.4 Å². The van der Waals surface area contributed by atoms with Gasteiger partial charge in [0, 0.05) is 17.7 Å². The summed E-state index contributed by atoms with van der Waals surface area (Å²) in [7, 11) is 0. The van der Waals surface area contributed by atoms with Gasteiger partial charge in [0.05, 0.1) is 0 Å². The molecule has 126 valence electrons. The molecule has 24 heavy (non-hydrogen) atoms. The molecule has 0 spiro atoms. The number of hydrogen-bond donors (Lipinski definition) is 3. The Morgan fingerprint density at radius 3 is 2.33 bits per heavy atom. The fraction of sp³-hybridized carbons (Fsp3) is 0.176. The lowest BCUT2D eigenvalue weighted by Crippen LogP contribution is -2.43. The van der Waals surface area contributed by atoms with Crippen LogP contribution in [-0.2, 0) is 4.79 Å². The normalized spacial score (nSPS) is 13.1. The second kappa shape index (κ2) is 7.65. The van der Waals surface area contributed by atoms with E-state index in [1.165, 1.54) is 6.07 Å². The number of nitrogens with two attached hydrogens (primary N) is 1. The van der Waals surface area contributed by atoms with Crippen LogP contribution in [0.4, 0.5) is 13.6 Å². The first-order valence-electron chi connectivity index (χ1n) is 7.24. The van der Waals surface area contributed by atoms with Crippen molar-refractivity contribution in [1.82, 2.24) is 10.6 Å². The maximum absolute atomic E-state index is 13.9. The zero-order valence-corrected chi connectivity index (χ0v) is 12.9. The lowest BCUT2D eigenvalue weighted by molar-refractivity contribution is -0.122. The molecule has 0 aromatic heterocycles. The maximum Gasteiger partial charge on any atom is 0.318 e. The maximum atomic E-state index is 13.9. The summed E-state index contributed by atoms with van der Waals surface area (Å²) in [4.78, 5) is 23.2. The molecule has 3 amide bonds. The van der Waals surface area contributed by atoms with Gasteiger partial charge in [0.1, 0.15) is 17.7 Å². The van der Waals surface area contributed by atoms with Crippen molar-refractivity contribution in [1.29, 1.82) is 0 Å². The van der Waals surface area contributed by atoms with Crippen LogP contribution in [0.2, 0.25) is 0 Å². The fourth-order valence-corrected chi connectivity index (χ4v) is 2.35. The molecule has 4 N–H and O–H groups in total. The summed E-state index contributed by atoms with van der Waals surface area (Å²) in [6.45, 7) is 1.63. The number of nitrogens with one attached hydrogen (secondary N) is 2. The van der Waals surface area contributed by atoms with E-state index < -0.39 is 35.7 Å². The number of carbonyl (C=O) groups excluding carboxylic acids is 2. The highest BCUT2D eigenvalue weighted by molar-refractivity contribution is 5.96. The standard InChI is InChI=1S/C17H17F2N3O2/c1-10(13-8-7-12(18)9-14(13)19)21-15(16(23)22-17(20)24)11-5-3-2-4-6-11/h2-10,15,21H,1H3,(H3,20,22,23,24)/t10-,15+/m0/s1. The van der Waals surface area contributed by atoms with Crippen LogP contribution < -0.4 is 16.4 Å². The van der Waals surface area contributed by atoms with Crippen LogP contribution >= 0.6 is 0 Å². The Balaban J connectivity index is 2.27. The van der Waals surface area contributed by atoms with Gasteiger partial charge < -0.3 is 5.73 Å². The molecule has 5 nitrogen and oxygen atoms in total. The third kappa shape index (κ3) is 4.36. The largest absolute Gasteiger partial charge is 0.351 e. The van der Waals surface area contributed by atoms with Crippen molar-refractivity contribution in [2.45, 2.75) is 19.0 Å². The van der Waals surface area contributed by atoms with Gasteiger partial charge in [0.25, 0.3) is 0 Å². The second-order valence-electron chi connectivity index (χ2n) is 5.25. The van der Waals surface area contributed by atoms with E-state index in [0.717, 1.165) is 12.1 Å². The van der Waals surface area contributed by atoms with Gasteiger partial charge in [-0.15, -0.1) is 0 Å². The number of primary amides is 1. The summed E-state index contributed by atoms with van der Waals surface area (Å²) >= 11 is 0. The minimum absolute atomic E-state index is 0.198. The molecule has 2 aromatic rings. The summed E-state index contributed by atoms with van der Waals surface area (Å²) in [5.74, 6) is -2.07. The predicted molar refractivity (Wildman–Crippen MR) is 84.8 cm³/mol. The van der Waals surface area contributed by atoms with E-state index in [2.05, 4.69) is 5.32 Å². The van der Waals surface area contributed by atoms with Crippen LogP contribution in [0.15, 0.2) is 48.5 Å². The summed E-state index contributed by atoms with van der Waals surface area (Å²) in [6, 6.07) is 9.28. The lowest BCUT2D eigenvalue weighted by atomic mass is 10.0. The average molecular weight is 333 g/mol. The first kappa shape index (κ1) is 17.6. The molecule has 0 bridgehead atoms. The first-order valence-corrected chi connectivity index (χ1v) is 7.24. The third-order valence-corrected chi connectivity index (χ3v) is 3.49. The fourth-order valence-electron chi connectivity index (χ4n) is 2.35. The second-order valence-corrected chi connectivity index (χ2v) is 5.25. The molecular formula is C17H17F2N3O2. The van der Waals surface area contributed by atoms with E-state index >= 15 is 0 Å². The molecule has 2 rings (SSSR count). The number of benzene rings is 2. The van der Waals surface area contributed by atoms with Gasteiger partial charge in [-0.25, -0.2) is 13.6 Å². The highest BCUT2D eigenvalue weighted by Gasteiger charge is 2.24. The molecule has 0 unspecified atom stereocenters. The molecule has 0 fully saturated rings. The average Bonchev–Trinajstić information content (AvgIpc) is 2.52. The van der Waals surface area contributed by atoms with Crippen LogP contribution in [0.3, 0.4) is 0 Å². The van der Waals surface area contributed by atoms with E-state index in [1.807, 2.05) is 5.32 Å². The van der Waals surface area contributed by atoms with Crippen LogP contribution in [0.5, 0.6) is 0 Å². The van der Waals surface area contributed by atoms with Crippen molar-refractivity contribution in [3.05, 3.63) is 71.3 Å². The van der Waals surface area contributed by atoms with E-state index in [4.69, 9.17) is 5.73 Å². The third-order valence-electron chi connectivity index (χ3n) is 3.49. The number of halogens is 2. The minimum Gasteiger partial charge on any atom is -0.351 e. The van der Waals surface area contributed by atoms with E-state index in [-0.39, 0.29) is 5.56 Å². The summed E-state index contributed by atoms with van der Waals surface area (Å²) in [5.41, 5.74) is 5.76. The molecule has 0 saturated carbocycles. The van der Waals surface area contributed by atoms with Gasteiger partial charge >= 0.3 is 6.03 Å². The molecule has 7 heteroatoms. The molecule has 0 aliphatic rings. The zero-order valence-electron chi connectivity index (χ0n) is 12.9. The topological polar surface area (TPSA) is 84.2 Å². The molecular weight excluding hydrogens is 316 g/mol. The predicted octanol–water partition coefficient (Wildman–Crippen LogP) is 2.55. The highest BCUT2D eigenvalue weighted by Crippen LogP contribution is 2.22. The summed E-state index contributed by atoms with van der Waals surface area (Å²) in [5, 5.41) is 4.94. The van der Waals surface area contributed by atoms with Gasteiger partial charge in [-0.2, -0.15) is 0 Å². The van der Waals surface area contributed by atoms with Crippen molar-refractivity contribution in [2.24, 2.45) is 5.73 Å². The molecule has 2 aromatic carbocycles. The number of hydrogen-bond acceptors (Lipinski definition) is 3. The lowest BCUT2D eigenvalue weighted by Gasteiger charge is -2.23. The van der Waals surface area contributed by atoms with E-state index in [9.17, 15) is 18.4 Å². The summed E-state index contributed by atoms with van der Waals surface area (Å²) in [6.07, 6.45) is 0. The molecule has 0 heterocycles. The van der Waals surface area contributed by atoms with Crippen molar-refractivity contribution < 1.29 is 18.4 Å². The van der Waals surface area contributed by atoms with E-state index in [0.29, 0.717) is 5.56 Å². The Labute approximate surface area is 137 Å². The van der Waals surface area contributed by atoms with E-state index in [1.54, 1.807) is 37.3 Å². The Morgan fingerprint density at radius 2 is 1.75 bits per heavy atom. The van der Waals surface area contributed by atoms with Gasteiger partial charge in [-0.05, 0) is 18.6 Å². The van der Waals surface area contributed by atoms with Gasteiger partial charge in [0.15, 0.2) is 0 Å². The first-order chi connectivity index (χ1) is 11.4. The highest BCUT2D eigenvalue weighted by atomic mass is 19.1. The van der Waals surface area contributed by atoms with Crippen LogP contribution in [0.25, 0.3) is 0 Å². The van der Waals surface area contributed by atoms with Crippen molar-refractivity contribution in [3.63, 3.8) is 0 Å². The van der Waals surface area contributed by atoms with Gasteiger partial charge in [-0.3, -0.25) is 15.4 Å². The van der Waals surface area contributed by atoms with Crippen LogP contribution in [-0.4, -0.2) is 11.9 Å². The number of imide groups is 1. The van der Waals surface area contributed by atoms with Crippen LogP contribution in [0.1, 0.15) is 30.1 Å². The zero-order chi connectivity index (χ0) is 17.7. The Bertz CT molecular complexity index is 738. The minimum atomic E-state index is -0.983. The summed E-state index contributed by atoms with van der Waals surface area (Å²) < 4.78 is 26.9. The smallest absolute Gasteiger partial charge is 0.318 e. The van der Waals surface area contributed by atoms with Crippen molar-refractivity contribution in [2.75, 3.05) is 0 Å². The Hall–Kier alpha value is -2.80. The Morgan fingerprint density at radius 1 is 1.08 bits per heavy atom. The molecule has 0 aliphatic carbocycles. The number of urea groups is 1. The molecule has 0 aliphatic heterocycles. The number of rotatable bonds is 5. The Kier molecular flexibility index (Phi) is 5.59. The van der Waals surface area contributed by atoms with Crippen LogP contribution in [0, 0.1) is 11.6 Å². The number of carbonyl (C=O) groups is 2. The quantitative estimate of drug-likeness (QED) is 0.786. The van der Waals surface area contributed by atoms with Gasteiger partial charge in [0.2, 0.25) is 5.91 Å². The van der Waals surface area contributed by atoms with Crippen molar-refractivity contribution in [3.8, 4) is 0 Å². The SMILES string of the molecule is C[C@H](N[C@@H](C(=O)NC(N)=O)c1ccccc1)c1ccc(F)cc1F. The molecule has 0 saturated heterocycles.